The van der Waals surface area contributed by atoms with Gasteiger partial charge in [-0.2, -0.15) is 0 Å². The lowest BCUT2D eigenvalue weighted by molar-refractivity contribution is 0.0485. The summed E-state index contributed by atoms with van der Waals surface area (Å²) in [5, 5.41) is 13.8. The quantitative estimate of drug-likeness (QED) is 0.804. The van der Waals surface area contributed by atoms with Crippen LogP contribution in [0.3, 0.4) is 0 Å². The van der Waals surface area contributed by atoms with Gasteiger partial charge >= 0.3 is 0 Å². The topological polar surface area (TPSA) is 32.3 Å². The van der Waals surface area contributed by atoms with Crippen LogP contribution < -0.4 is 5.32 Å². The molecule has 1 aromatic carbocycles. The minimum atomic E-state index is -0.812. The third-order valence-corrected chi connectivity index (χ3v) is 2.54. The van der Waals surface area contributed by atoms with E-state index in [1.807, 2.05) is 19.2 Å². The Morgan fingerprint density at radius 3 is 2.79 bits per heavy atom. The molecule has 1 rings (SSSR count). The number of aliphatic hydroxyl groups is 1. The van der Waals surface area contributed by atoms with Crippen LogP contribution in [0.15, 0.2) is 24.3 Å². The molecule has 0 aliphatic rings. The van der Waals surface area contributed by atoms with Crippen LogP contribution in [-0.4, -0.2) is 18.7 Å². The molecule has 2 nitrogen and oxygen atoms in total. The summed E-state index contributed by atoms with van der Waals surface area (Å²) in [6.45, 7) is 2.58. The van der Waals surface area contributed by atoms with Gasteiger partial charge in [0.25, 0.3) is 0 Å². The van der Waals surface area contributed by atoms with Crippen LogP contribution in [0.2, 0.25) is 5.02 Å². The molecule has 3 heteroatoms. The molecule has 0 saturated heterocycles. The lowest BCUT2D eigenvalue weighted by Gasteiger charge is -2.23. The van der Waals surface area contributed by atoms with E-state index < -0.39 is 5.60 Å². The van der Waals surface area contributed by atoms with Crippen LogP contribution in [-0.2, 0) is 5.60 Å². The molecule has 78 valence electrons. The largest absolute Gasteiger partial charge is 0.385 e. The molecular formula is C11H16ClNO. The smallest absolute Gasteiger partial charge is 0.0881 e. The van der Waals surface area contributed by atoms with Gasteiger partial charge in [-0.25, -0.2) is 0 Å². The van der Waals surface area contributed by atoms with E-state index in [9.17, 15) is 5.11 Å². The van der Waals surface area contributed by atoms with E-state index in [-0.39, 0.29) is 0 Å². The SMILES string of the molecule is CNCCC(C)(O)c1cccc(Cl)c1. The third kappa shape index (κ3) is 2.98. The normalized spacial score (nSPS) is 15.1. The van der Waals surface area contributed by atoms with Crippen molar-refractivity contribution in [2.75, 3.05) is 13.6 Å². The summed E-state index contributed by atoms with van der Waals surface area (Å²) in [5.74, 6) is 0. The molecule has 0 heterocycles. The molecule has 1 unspecified atom stereocenters. The molecule has 0 aromatic heterocycles. The van der Waals surface area contributed by atoms with Crippen molar-refractivity contribution < 1.29 is 5.11 Å². The number of hydrogen-bond donors (Lipinski definition) is 2. The predicted octanol–water partition coefficient (Wildman–Crippen LogP) is 2.16. The summed E-state index contributed by atoms with van der Waals surface area (Å²) in [4.78, 5) is 0. The van der Waals surface area contributed by atoms with Gasteiger partial charge in [-0.1, -0.05) is 23.7 Å². The van der Waals surface area contributed by atoms with E-state index in [0.717, 1.165) is 12.1 Å². The van der Waals surface area contributed by atoms with E-state index >= 15 is 0 Å². The predicted molar refractivity (Wildman–Crippen MR) is 59.6 cm³/mol. The zero-order valence-corrected chi connectivity index (χ0v) is 9.30. The second-order valence-electron chi connectivity index (χ2n) is 3.64. The second-order valence-corrected chi connectivity index (χ2v) is 4.07. The highest BCUT2D eigenvalue weighted by Gasteiger charge is 2.22. The number of nitrogens with one attached hydrogen (secondary N) is 1. The Morgan fingerprint density at radius 2 is 2.21 bits per heavy atom. The van der Waals surface area contributed by atoms with Gasteiger partial charge in [0.2, 0.25) is 0 Å². The van der Waals surface area contributed by atoms with Crippen molar-refractivity contribution in [2.45, 2.75) is 18.9 Å². The monoisotopic (exact) mass is 213 g/mol. The summed E-state index contributed by atoms with van der Waals surface area (Å²) in [5.41, 5.74) is 0.0497. The number of benzene rings is 1. The average Bonchev–Trinajstić information content (AvgIpc) is 2.15. The third-order valence-electron chi connectivity index (χ3n) is 2.31. The van der Waals surface area contributed by atoms with Crippen molar-refractivity contribution in [1.82, 2.24) is 5.32 Å². The first-order valence-corrected chi connectivity index (χ1v) is 5.07. The molecule has 1 atom stereocenters. The van der Waals surface area contributed by atoms with E-state index in [1.54, 1.807) is 19.1 Å². The van der Waals surface area contributed by atoms with E-state index in [4.69, 9.17) is 11.6 Å². The van der Waals surface area contributed by atoms with Gasteiger partial charge in [-0.05, 0) is 44.6 Å². The molecule has 0 aliphatic carbocycles. The molecule has 0 spiro atoms. The second kappa shape index (κ2) is 4.78. The molecule has 0 aliphatic heterocycles. The highest BCUT2D eigenvalue weighted by molar-refractivity contribution is 6.30. The van der Waals surface area contributed by atoms with Crippen LogP contribution in [0.4, 0.5) is 0 Å². The molecule has 0 saturated carbocycles. The fourth-order valence-electron chi connectivity index (χ4n) is 1.34. The van der Waals surface area contributed by atoms with Crippen molar-refractivity contribution >= 4 is 11.6 Å². The molecule has 0 bridgehead atoms. The first-order chi connectivity index (χ1) is 6.56. The highest BCUT2D eigenvalue weighted by Crippen LogP contribution is 2.25. The minimum Gasteiger partial charge on any atom is -0.385 e. The summed E-state index contributed by atoms with van der Waals surface area (Å²) >= 11 is 5.86. The van der Waals surface area contributed by atoms with E-state index in [2.05, 4.69) is 5.32 Å². The Hall–Kier alpha value is -0.570. The van der Waals surface area contributed by atoms with Crippen LogP contribution >= 0.6 is 11.6 Å². The summed E-state index contributed by atoms with van der Waals surface area (Å²) in [6.07, 6.45) is 0.670. The first-order valence-electron chi connectivity index (χ1n) is 4.69. The zero-order valence-electron chi connectivity index (χ0n) is 8.55. The van der Waals surface area contributed by atoms with Crippen LogP contribution in [0.1, 0.15) is 18.9 Å². The lowest BCUT2D eigenvalue weighted by Crippen LogP contribution is -2.26. The van der Waals surface area contributed by atoms with Crippen molar-refractivity contribution in [1.29, 1.82) is 0 Å². The molecular weight excluding hydrogens is 198 g/mol. The Morgan fingerprint density at radius 1 is 1.50 bits per heavy atom. The maximum absolute atomic E-state index is 10.1. The van der Waals surface area contributed by atoms with Gasteiger partial charge in [0.1, 0.15) is 0 Å². The number of rotatable bonds is 4. The van der Waals surface area contributed by atoms with Gasteiger partial charge in [0.05, 0.1) is 5.60 Å². The Balaban J connectivity index is 2.80. The van der Waals surface area contributed by atoms with Gasteiger partial charge < -0.3 is 10.4 Å². The van der Waals surface area contributed by atoms with Crippen molar-refractivity contribution in [3.63, 3.8) is 0 Å². The Labute approximate surface area is 89.9 Å². The number of hydrogen-bond acceptors (Lipinski definition) is 2. The molecule has 0 radical (unpaired) electrons. The lowest BCUT2D eigenvalue weighted by atomic mass is 9.93. The molecule has 2 N–H and O–H groups in total. The summed E-state index contributed by atoms with van der Waals surface area (Å²) in [6, 6.07) is 7.35. The molecule has 0 amide bonds. The van der Waals surface area contributed by atoms with Gasteiger partial charge in [-0.15, -0.1) is 0 Å². The Kier molecular flexibility index (Phi) is 3.93. The summed E-state index contributed by atoms with van der Waals surface area (Å²) < 4.78 is 0. The Bertz CT molecular complexity index is 299. The molecule has 1 aromatic rings. The highest BCUT2D eigenvalue weighted by atomic mass is 35.5. The molecule has 14 heavy (non-hydrogen) atoms. The first kappa shape index (κ1) is 11.5. The van der Waals surface area contributed by atoms with Crippen molar-refractivity contribution in [3.05, 3.63) is 34.9 Å². The average molecular weight is 214 g/mol. The van der Waals surface area contributed by atoms with Crippen molar-refractivity contribution in [3.8, 4) is 0 Å². The maximum atomic E-state index is 10.1. The number of halogens is 1. The minimum absolute atomic E-state index is 0.659. The van der Waals surface area contributed by atoms with Crippen molar-refractivity contribution in [2.24, 2.45) is 0 Å². The van der Waals surface area contributed by atoms with Gasteiger partial charge in [0, 0.05) is 5.02 Å². The standard InChI is InChI=1S/C11H16ClNO/c1-11(14,6-7-13-2)9-4-3-5-10(12)8-9/h3-5,8,13-14H,6-7H2,1-2H3. The summed E-state index contributed by atoms with van der Waals surface area (Å²) in [7, 11) is 1.87. The fourth-order valence-corrected chi connectivity index (χ4v) is 1.53. The van der Waals surface area contributed by atoms with E-state index in [1.165, 1.54) is 0 Å². The van der Waals surface area contributed by atoms with Crippen LogP contribution in [0.25, 0.3) is 0 Å². The molecule has 0 fully saturated rings. The van der Waals surface area contributed by atoms with E-state index in [0.29, 0.717) is 11.4 Å². The van der Waals surface area contributed by atoms with Crippen LogP contribution in [0.5, 0.6) is 0 Å². The fraction of sp³-hybridized carbons (Fsp3) is 0.455. The maximum Gasteiger partial charge on any atom is 0.0881 e. The van der Waals surface area contributed by atoms with Crippen LogP contribution in [0, 0.1) is 0 Å². The zero-order chi connectivity index (χ0) is 10.6. The van der Waals surface area contributed by atoms with Gasteiger partial charge in [0.15, 0.2) is 0 Å². The van der Waals surface area contributed by atoms with Gasteiger partial charge in [-0.3, -0.25) is 0 Å².